The molecule has 1 aromatic rings. The lowest BCUT2D eigenvalue weighted by Gasteiger charge is -2.05. The van der Waals surface area contributed by atoms with E-state index in [1.165, 1.54) is 17.1 Å². The van der Waals surface area contributed by atoms with Gasteiger partial charge in [0.05, 0.1) is 24.3 Å². The van der Waals surface area contributed by atoms with Crippen LogP contribution < -0.4 is 0 Å². The average Bonchev–Trinajstić information content (AvgIpc) is 2.47. The predicted octanol–water partition coefficient (Wildman–Crippen LogP) is 2.57. The predicted molar refractivity (Wildman–Crippen MR) is 42.5 cm³/mol. The topological polar surface area (TPSA) is 17.8 Å². The SMILES string of the molecule is FC(F)(F)CCn1cnc(CCl)c1. The van der Waals surface area contributed by atoms with Crippen LogP contribution >= 0.6 is 11.6 Å². The summed E-state index contributed by atoms with van der Waals surface area (Å²) in [6.45, 7) is -0.104. The van der Waals surface area contributed by atoms with Crippen LogP contribution in [-0.4, -0.2) is 15.7 Å². The van der Waals surface area contributed by atoms with Gasteiger partial charge in [-0.1, -0.05) is 0 Å². The van der Waals surface area contributed by atoms with Crippen LogP contribution in [0.15, 0.2) is 12.5 Å². The molecular formula is C7H8ClF3N2. The first kappa shape index (κ1) is 10.4. The summed E-state index contributed by atoms with van der Waals surface area (Å²) in [4.78, 5) is 3.80. The highest BCUT2D eigenvalue weighted by Gasteiger charge is 2.26. The molecule has 0 aliphatic heterocycles. The normalized spacial score (nSPS) is 12.0. The second kappa shape index (κ2) is 4.00. The van der Waals surface area contributed by atoms with Gasteiger partial charge in [-0.2, -0.15) is 13.2 Å². The molecule has 0 aliphatic carbocycles. The monoisotopic (exact) mass is 212 g/mol. The van der Waals surface area contributed by atoms with Gasteiger partial charge in [0.25, 0.3) is 0 Å². The first-order chi connectivity index (χ1) is 6.01. The van der Waals surface area contributed by atoms with Crippen molar-refractivity contribution < 1.29 is 13.2 Å². The van der Waals surface area contributed by atoms with E-state index in [-0.39, 0.29) is 12.4 Å². The van der Waals surface area contributed by atoms with Crippen LogP contribution in [0.25, 0.3) is 0 Å². The number of aryl methyl sites for hydroxylation is 1. The van der Waals surface area contributed by atoms with Gasteiger partial charge in [0.1, 0.15) is 0 Å². The Morgan fingerprint density at radius 3 is 2.62 bits per heavy atom. The maximum Gasteiger partial charge on any atom is 0.390 e. The number of alkyl halides is 4. The molecule has 0 unspecified atom stereocenters. The van der Waals surface area contributed by atoms with Crippen molar-refractivity contribution >= 4 is 11.6 Å². The van der Waals surface area contributed by atoms with Crippen LogP contribution in [0.4, 0.5) is 13.2 Å². The Bertz CT molecular complexity index is 269. The Labute approximate surface area is 78.3 Å². The molecule has 0 radical (unpaired) electrons. The van der Waals surface area contributed by atoms with Crippen molar-refractivity contribution in [2.45, 2.75) is 25.0 Å². The number of halogens is 4. The fourth-order valence-electron chi connectivity index (χ4n) is 0.854. The molecule has 1 heterocycles. The third-order valence-corrected chi connectivity index (χ3v) is 1.75. The van der Waals surface area contributed by atoms with E-state index in [2.05, 4.69) is 4.98 Å². The molecule has 1 rings (SSSR count). The molecule has 0 bridgehead atoms. The van der Waals surface area contributed by atoms with Gasteiger partial charge < -0.3 is 4.57 Å². The fraction of sp³-hybridized carbons (Fsp3) is 0.571. The van der Waals surface area contributed by atoms with Crippen molar-refractivity contribution in [3.8, 4) is 0 Å². The zero-order valence-electron chi connectivity index (χ0n) is 6.68. The molecule has 0 atom stereocenters. The minimum atomic E-state index is -4.12. The molecule has 0 saturated carbocycles. The number of imidazole rings is 1. The molecule has 0 aliphatic rings. The van der Waals surface area contributed by atoms with Crippen LogP contribution in [0.3, 0.4) is 0 Å². The summed E-state index contributed by atoms with van der Waals surface area (Å²) >= 11 is 5.43. The number of nitrogens with zero attached hydrogens (tertiary/aromatic N) is 2. The third-order valence-electron chi connectivity index (χ3n) is 1.48. The van der Waals surface area contributed by atoms with E-state index < -0.39 is 12.6 Å². The molecule has 0 fully saturated rings. The first-order valence-corrected chi connectivity index (χ1v) is 4.18. The fourth-order valence-corrected chi connectivity index (χ4v) is 0.992. The summed E-state index contributed by atoms with van der Waals surface area (Å²) in [6, 6.07) is 0. The van der Waals surface area contributed by atoms with E-state index >= 15 is 0 Å². The molecule has 0 spiro atoms. The number of rotatable bonds is 3. The van der Waals surface area contributed by atoms with E-state index in [1.54, 1.807) is 0 Å². The Kier molecular flexibility index (Phi) is 3.19. The Morgan fingerprint density at radius 2 is 2.15 bits per heavy atom. The van der Waals surface area contributed by atoms with Gasteiger partial charge in [0.15, 0.2) is 0 Å². The van der Waals surface area contributed by atoms with Crippen LogP contribution in [0.5, 0.6) is 0 Å². The summed E-state index contributed by atoms with van der Waals surface area (Å²) in [5, 5.41) is 0. The lowest BCUT2D eigenvalue weighted by Crippen LogP contribution is -2.11. The molecule has 6 heteroatoms. The highest BCUT2D eigenvalue weighted by molar-refractivity contribution is 6.16. The zero-order valence-corrected chi connectivity index (χ0v) is 7.44. The van der Waals surface area contributed by atoms with E-state index in [9.17, 15) is 13.2 Å². The van der Waals surface area contributed by atoms with Crippen molar-refractivity contribution in [3.63, 3.8) is 0 Å². The third kappa shape index (κ3) is 3.67. The highest BCUT2D eigenvalue weighted by atomic mass is 35.5. The number of aromatic nitrogens is 2. The summed E-state index contributed by atoms with van der Waals surface area (Å²) < 4.78 is 36.7. The second-order valence-electron chi connectivity index (χ2n) is 2.60. The van der Waals surface area contributed by atoms with Crippen LogP contribution in [0.1, 0.15) is 12.1 Å². The van der Waals surface area contributed by atoms with Gasteiger partial charge in [-0.25, -0.2) is 4.98 Å². The van der Waals surface area contributed by atoms with Gasteiger partial charge in [-0.05, 0) is 0 Å². The molecule has 0 N–H and O–H groups in total. The molecule has 0 aromatic carbocycles. The van der Waals surface area contributed by atoms with Crippen LogP contribution in [0.2, 0.25) is 0 Å². The Morgan fingerprint density at radius 1 is 1.46 bits per heavy atom. The number of hydrogen-bond donors (Lipinski definition) is 0. The minimum absolute atomic E-state index is 0.104. The van der Waals surface area contributed by atoms with Crippen molar-refractivity contribution in [1.29, 1.82) is 0 Å². The second-order valence-corrected chi connectivity index (χ2v) is 2.87. The van der Waals surface area contributed by atoms with E-state index in [1.807, 2.05) is 0 Å². The minimum Gasteiger partial charge on any atom is -0.337 e. The maximum atomic E-state index is 11.8. The average molecular weight is 213 g/mol. The summed E-state index contributed by atoms with van der Waals surface area (Å²) in [5.41, 5.74) is 0.587. The van der Waals surface area contributed by atoms with Gasteiger partial charge in [0, 0.05) is 12.7 Å². The number of hydrogen-bond acceptors (Lipinski definition) is 1. The largest absolute Gasteiger partial charge is 0.390 e. The smallest absolute Gasteiger partial charge is 0.337 e. The van der Waals surface area contributed by atoms with E-state index in [0.717, 1.165) is 0 Å². The molecule has 13 heavy (non-hydrogen) atoms. The van der Waals surface area contributed by atoms with Gasteiger partial charge in [-0.15, -0.1) is 11.6 Å². The van der Waals surface area contributed by atoms with Gasteiger partial charge in [0.2, 0.25) is 0 Å². The summed E-state index contributed by atoms with van der Waals surface area (Å²) in [5.74, 6) is 0.221. The molecule has 0 amide bonds. The molecule has 74 valence electrons. The van der Waals surface area contributed by atoms with E-state index in [4.69, 9.17) is 11.6 Å². The Balaban J connectivity index is 2.46. The molecule has 2 nitrogen and oxygen atoms in total. The van der Waals surface area contributed by atoms with Gasteiger partial charge in [-0.3, -0.25) is 0 Å². The standard InChI is InChI=1S/C7H8ClF3N2/c8-3-6-4-13(5-12-6)2-1-7(9,10)11/h4-5H,1-3H2. The van der Waals surface area contributed by atoms with Gasteiger partial charge >= 0.3 is 6.18 Å². The van der Waals surface area contributed by atoms with Crippen molar-refractivity contribution in [1.82, 2.24) is 9.55 Å². The van der Waals surface area contributed by atoms with E-state index in [0.29, 0.717) is 5.69 Å². The molecular weight excluding hydrogens is 205 g/mol. The first-order valence-electron chi connectivity index (χ1n) is 3.64. The molecule has 1 aromatic heterocycles. The van der Waals surface area contributed by atoms with Crippen molar-refractivity contribution in [3.05, 3.63) is 18.2 Å². The quantitative estimate of drug-likeness (QED) is 0.705. The van der Waals surface area contributed by atoms with Crippen molar-refractivity contribution in [2.75, 3.05) is 0 Å². The summed E-state index contributed by atoms with van der Waals surface area (Å²) in [6.07, 6.45) is -2.10. The van der Waals surface area contributed by atoms with Crippen LogP contribution in [-0.2, 0) is 12.4 Å². The highest BCUT2D eigenvalue weighted by Crippen LogP contribution is 2.20. The zero-order chi connectivity index (χ0) is 9.90. The summed E-state index contributed by atoms with van der Waals surface area (Å²) in [7, 11) is 0. The lowest BCUT2D eigenvalue weighted by molar-refractivity contribution is -0.136. The Hall–Kier alpha value is -0.710. The van der Waals surface area contributed by atoms with Crippen LogP contribution in [0, 0.1) is 0 Å². The maximum absolute atomic E-state index is 11.8. The molecule has 0 saturated heterocycles. The lowest BCUT2D eigenvalue weighted by atomic mass is 10.4. The van der Waals surface area contributed by atoms with Crippen molar-refractivity contribution in [2.24, 2.45) is 0 Å².